The van der Waals surface area contributed by atoms with Crippen molar-refractivity contribution in [2.24, 2.45) is 0 Å². The Morgan fingerprint density at radius 3 is 2.58 bits per heavy atom. The minimum absolute atomic E-state index is 0.567. The van der Waals surface area contributed by atoms with E-state index >= 15 is 0 Å². The summed E-state index contributed by atoms with van der Waals surface area (Å²) >= 11 is 6.95. The summed E-state index contributed by atoms with van der Waals surface area (Å²) in [6.45, 7) is 1.35. The fraction of sp³-hybridized carbons (Fsp3) is 0.200. The van der Waals surface area contributed by atoms with Crippen molar-refractivity contribution in [3.05, 3.63) is 62.5 Å². The van der Waals surface area contributed by atoms with E-state index in [1.807, 2.05) is 31.3 Å². The van der Waals surface area contributed by atoms with Gasteiger partial charge in [-0.15, -0.1) is 0 Å². The molecule has 2 aromatic rings. The SMILES string of the molecule is CNCc1cc(Br)ccc1OCc1cccc(Br)c1. The molecule has 100 valence electrons. The lowest BCUT2D eigenvalue weighted by atomic mass is 10.2. The van der Waals surface area contributed by atoms with E-state index < -0.39 is 0 Å². The van der Waals surface area contributed by atoms with Crippen LogP contribution in [0.15, 0.2) is 51.4 Å². The smallest absolute Gasteiger partial charge is 0.124 e. The Hall–Kier alpha value is -0.840. The zero-order valence-electron chi connectivity index (χ0n) is 10.6. The van der Waals surface area contributed by atoms with Gasteiger partial charge in [-0.2, -0.15) is 0 Å². The van der Waals surface area contributed by atoms with Gasteiger partial charge in [-0.3, -0.25) is 0 Å². The molecule has 2 aromatic carbocycles. The number of hydrogen-bond donors (Lipinski definition) is 1. The van der Waals surface area contributed by atoms with Gasteiger partial charge in [-0.25, -0.2) is 0 Å². The second-order valence-corrected chi connectivity index (χ2v) is 6.03. The van der Waals surface area contributed by atoms with Gasteiger partial charge in [0.05, 0.1) is 0 Å². The van der Waals surface area contributed by atoms with Crippen molar-refractivity contribution in [2.45, 2.75) is 13.2 Å². The number of rotatable bonds is 5. The summed E-state index contributed by atoms with van der Waals surface area (Å²) in [5.41, 5.74) is 2.29. The molecule has 0 saturated carbocycles. The summed E-state index contributed by atoms with van der Waals surface area (Å²) in [4.78, 5) is 0. The van der Waals surface area contributed by atoms with Gasteiger partial charge in [0.25, 0.3) is 0 Å². The fourth-order valence-corrected chi connectivity index (χ4v) is 2.66. The first-order valence-corrected chi connectivity index (χ1v) is 7.58. The second-order valence-electron chi connectivity index (χ2n) is 4.20. The van der Waals surface area contributed by atoms with Crippen molar-refractivity contribution < 1.29 is 4.74 Å². The van der Waals surface area contributed by atoms with Gasteiger partial charge < -0.3 is 10.1 Å². The molecule has 0 unspecified atom stereocenters. The molecular weight excluding hydrogens is 370 g/mol. The highest BCUT2D eigenvalue weighted by Gasteiger charge is 2.04. The molecule has 0 fully saturated rings. The Labute approximate surface area is 130 Å². The molecule has 0 saturated heterocycles. The van der Waals surface area contributed by atoms with E-state index in [2.05, 4.69) is 55.4 Å². The van der Waals surface area contributed by atoms with Crippen molar-refractivity contribution in [3.63, 3.8) is 0 Å². The van der Waals surface area contributed by atoms with Crippen LogP contribution in [0.3, 0.4) is 0 Å². The third kappa shape index (κ3) is 4.34. The zero-order chi connectivity index (χ0) is 13.7. The average Bonchev–Trinajstić information content (AvgIpc) is 2.38. The summed E-state index contributed by atoms with van der Waals surface area (Å²) in [6.07, 6.45) is 0. The van der Waals surface area contributed by atoms with Crippen molar-refractivity contribution in [3.8, 4) is 5.75 Å². The van der Waals surface area contributed by atoms with Gasteiger partial charge >= 0.3 is 0 Å². The van der Waals surface area contributed by atoms with Crippen LogP contribution >= 0.6 is 31.9 Å². The lowest BCUT2D eigenvalue weighted by Crippen LogP contribution is -2.07. The van der Waals surface area contributed by atoms with Gasteiger partial charge in [-0.1, -0.05) is 44.0 Å². The van der Waals surface area contributed by atoms with Crippen LogP contribution in [0.5, 0.6) is 5.75 Å². The average molecular weight is 385 g/mol. The first-order valence-electron chi connectivity index (χ1n) is 5.99. The Kier molecular flexibility index (Phi) is 5.43. The molecule has 0 bridgehead atoms. The van der Waals surface area contributed by atoms with E-state index in [0.29, 0.717) is 6.61 Å². The Bertz CT molecular complexity index is 558. The largest absolute Gasteiger partial charge is 0.489 e. The lowest BCUT2D eigenvalue weighted by Gasteiger charge is -2.12. The van der Waals surface area contributed by atoms with Crippen LogP contribution in [-0.2, 0) is 13.2 Å². The maximum Gasteiger partial charge on any atom is 0.124 e. The van der Waals surface area contributed by atoms with E-state index in [1.165, 1.54) is 0 Å². The minimum Gasteiger partial charge on any atom is -0.489 e. The number of nitrogens with one attached hydrogen (secondary N) is 1. The van der Waals surface area contributed by atoms with E-state index in [1.54, 1.807) is 0 Å². The van der Waals surface area contributed by atoms with Crippen LogP contribution in [-0.4, -0.2) is 7.05 Å². The normalized spacial score (nSPS) is 10.5. The quantitative estimate of drug-likeness (QED) is 0.818. The molecule has 0 spiro atoms. The molecule has 0 aliphatic heterocycles. The number of ether oxygens (including phenoxy) is 1. The maximum absolute atomic E-state index is 5.90. The van der Waals surface area contributed by atoms with Crippen molar-refractivity contribution in [2.75, 3.05) is 7.05 Å². The first-order chi connectivity index (χ1) is 9.19. The van der Waals surface area contributed by atoms with Gasteiger partial charge in [0, 0.05) is 21.1 Å². The van der Waals surface area contributed by atoms with Crippen molar-refractivity contribution in [1.29, 1.82) is 0 Å². The topological polar surface area (TPSA) is 21.3 Å². The van der Waals surface area contributed by atoms with Crippen LogP contribution in [0.2, 0.25) is 0 Å². The number of benzene rings is 2. The molecule has 0 atom stereocenters. The van der Waals surface area contributed by atoms with Gasteiger partial charge in [0.1, 0.15) is 12.4 Å². The predicted octanol–water partition coefficient (Wildman–Crippen LogP) is 4.51. The van der Waals surface area contributed by atoms with E-state index in [4.69, 9.17) is 4.74 Å². The lowest BCUT2D eigenvalue weighted by molar-refractivity contribution is 0.302. The number of halogens is 2. The van der Waals surface area contributed by atoms with Crippen LogP contribution in [0.4, 0.5) is 0 Å². The minimum atomic E-state index is 0.567. The van der Waals surface area contributed by atoms with Gasteiger partial charge in [0.15, 0.2) is 0 Å². The molecule has 2 nitrogen and oxygen atoms in total. The van der Waals surface area contributed by atoms with Crippen molar-refractivity contribution in [1.82, 2.24) is 5.32 Å². The Morgan fingerprint density at radius 2 is 1.84 bits per heavy atom. The summed E-state index contributed by atoms with van der Waals surface area (Å²) in [5, 5.41) is 3.15. The van der Waals surface area contributed by atoms with Crippen LogP contribution in [0.25, 0.3) is 0 Å². The Morgan fingerprint density at radius 1 is 1.05 bits per heavy atom. The molecule has 0 radical (unpaired) electrons. The molecule has 19 heavy (non-hydrogen) atoms. The monoisotopic (exact) mass is 383 g/mol. The zero-order valence-corrected chi connectivity index (χ0v) is 13.8. The van der Waals surface area contributed by atoms with E-state index in [-0.39, 0.29) is 0 Å². The molecular formula is C15H15Br2NO. The summed E-state index contributed by atoms with van der Waals surface area (Å²) in [7, 11) is 1.93. The fourth-order valence-electron chi connectivity index (χ4n) is 1.81. The highest BCUT2D eigenvalue weighted by molar-refractivity contribution is 9.10. The van der Waals surface area contributed by atoms with Crippen LogP contribution < -0.4 is 10.1 Å². The van der Waals surface area contributed by atoms with Crippen molar-refractivity contribution >= 4 is 31.9 Å². The molecule has 0 amide bonds. The van der Waals surface area contributed by atoms with Gasteiger partial charge in [-0.05, 0) is 42.9 Å². The van der Waals surface area contributed by atoms with Gasteiger partial charge in [0.2, 0.25) is 0 Å². The third-order valence-electron chi connectivity index (χ3n) is 2.67. The maximum atomic E-state index is 5.90. The Balaban J connectivity index is 2.10. The highest BCUT2D eigenvalue weighted by atomic mass is 79.9. The molecule has 0 aromatic heterocycles. The predicted molar refractivity (Wildman–Crippen MR) is 85.4 cm³/mol. The van der Waals surface area contributed by atoms with Crippen LogP contribution in [0, 0.1) is 0 Å². The highest BCUT2D eigenvalue weighted by Crippen LogP contribution is 2.24. The van der Waals surface area contributed by atoms with E-state index in [9.17, 15) is 0 Å². The summed E-state index contributed by atoms with van der Waals surface area (Å²) in [6, 6.07) is 14.2. The first kappa shape index (κ1) is 14.6. The molecule has 0 aliphatic rings. The van der Waals surface area contributed by atoms with Crippen LogP contribution in [0.1, 0.15) is 11.1 Å². The molecule has 4 heteroatoms. The molecule has 2 rings (SSSR count). The molecule has 0 heterocycles. The standard InChI is InChI=1S/C15H15Br2NO/c1-18-9-12-8-14(17)5-6-15(12)19-10-11-3-2-4-13(16)7-11/h2-8,18H,9-10H2,1H3. The van der Waals surface area contributed by atoms with E-state index in [0.717, 1.165) is 32.4 Å². The molecule has 0 aliphatic carbocycles. The third-order valence-corrected chi connectivity index (χ3v) is 3.66. The summed E-state index contributed by atoms with van der Waals surface area (Å²) in [5.74, 6) is 0.914. The second kappa shape index (κ2) is 7.08. The number of hydrogen-bond acceptors (Lipinski definition) is 2. The summed E-state index contributed by atoms with van der Waals surface area (Å²) < 4.78 is 8.04. The molecule has 1 N–H and O–H groups in total.